The Balaban J connectivity index is 0.000000156. The van der Waals surface area contributed by atoms with Crippen molar-refractivity contribution in [1.82, 2.24) is 0 Å². The van der Waals surface area contributed by atoms with Crippen LogP contribution in [0.4, 0.5) is 43.9 Å². The van der Waals surface area contributed by atoms with Gasteiger partial charge in [0.15, 0.2) is 42.1 Å². The number of halogens is 11. The number of rotatable bonds is 13. The highest BCUT2D eigenvalue weighted by Gasteiger charge is 2.67. The Labute approximate surface area is 533 Å². The molecule has 2 unspecified atom stereocenters. The number of esters is 2. The molecule has 5 aromatic rings. The van der Waals surface area contributed by atoms with E-state index in [1.807, 2.05) is 0 Å². The summed E-state index contributed by atoms with van der Waals surface area (Å²) in [5.74, 6) is -2.16. The van der Waals surface area contributed by atoms with Crippen molar-refractivity contribution < 1.29 is 110 Å². The summed E-state index contributed by atoms with van der Waals surface area (Å²) in [6, 6.07) is 50.6. The molecule has 8 aliphatic carbocycles. The Morgan fingerprint density at radius 2 is 0.667 bits per heavy atom. The Morgan fingerprint density at radius 1 is 0.433 bits per heavy atom. The van der Waals surface area contributed by atoms with Crippen molar-refractivity contribution >= 4 is 43.1 Å². The summed E-state index contributed by atoms with van der Waals surface area (Å²) >= 11 is -0.0703. The molecule has 0 aliphatic heterocycles. The fourth-order valence-corrected chi connectivity index (χ4v) is 19.5. The van der Waals surface area contributed by atoms with Crippen molar-refractivity contribution in [3.05, 3.63) is 158 Å². The third kappa shape index (κ3) is 16.8. The second-order valence-corrected chi connectivity index (χ2v) is 34.9. The van der Waals surface area contributed by atoms with Crippen LogP contribution in [0.3, 0.4) is 0 Å². The normalized spacial score (nSPS) is 25.3. The lowest BCUT2D eigenvalue weighted by molar-refractivity contribution is -0.597. The van der Waals surface area contributed by atoms with Crippen molar-refractivity contribution in [1.29, 1.82) is 0 Å². The topological polar surface area (TPSA) is 167 Å². The van der Waals surface area contributed by atoms with Crippen LogP contribution in [0, 0.1) is 53.5 Å². The zero-order valence-electron chi connectivity index (χ0n) is 50.3. The molecule has 90 heavy (non-hydrogen) atoms. The second-order valence-electron chi connectivity index (χ2n) is 26.9. The molecule has 8 bridgehead atoms. The van der Waals surface area contributed by atoms with Gasteiger partial charge in [-0.3, -0.25) is 9.59 Å². The van der Waals surface area contributed by atoms with Gasteiger partial charge < -0.3 is 18.6 Å². The summed E-state index contributed by atoms with van der Waals surface area (Å²) in [5.41, 5.74) is 0.731. The van der Waals surface area contributed by atoms with Crippen LogP contribution < -0.4 is 21.2 Å². The van der Waals surface area contributed by atoms with Gasteiger partial charge in [0.05, 0.1) is 21.7 Å². The van der Waals surface area contributed by atoms with Crippen molar-refractivity contribution in [2.45, 2.75) is 179 Å². The monoisotopic (exact) mass is 1440 g/mol. The molecule has 10 nitrogen and oxygen atoms in total. The molecule has 2 atom stereocenters. The molecule has 0 aromatic heterocycles. The zero-order valence-corrected chi connectivity index (χ0v) is 55.0. The Morgan fingerprint density at radius 3 is 0.867 bits per heavy atom. The Hall–Kier alpha value is -4.76. The van der Waals surface area contributed by atoms with Crippen LogP contribution in [0.2, 0.25) is 0 Å². The summed E-state index contributed by atoms with van der Waals surface area (Å²) in [6.07, 6.45) is -13.8. The molecule has 5 aromatic carbocycles. The molecule has 0 saturated heterocycles. The van der Waals surface area contributed by atoms with Crippen LogP contribution in [0.1, 0.15) is 130 Å². The minimum Gasteiger partial charge on any atom is -0.743 e. The summed E-state index contributed by atoms with van der Waals surface area (Å²) < 4.78 is 206. The van der Waals surface area contributed by atoms with Crippen LogP contribution in [-0.2, 0) is 61.0 Å². The van der Waals surface area contributed by atoms with Gasteiger partial charge in [-0.2, -0.15) is 43.9 Å². The number of ether oxygens (including phenoxy) is 2. The summed E-state index contributed by atoms with van der Waals surface area (Å²) in [4.78, 5) is 28.8. The fraction of sp³-hybridized carbons (Fsp3) is 0.515. The van der Waals surface area contributed by atoms with Gasteiger partial charge in [-0.15, -0.1) is 0 Å². The van der Waals surface area contributed by atoms with Gasteiger partial charge in [-0.25, -0.2) is 16.8 Å². The number of hydrogen-bond donors (Lipinski definition) is 0. The van der Waals surface area contributed by atoms with E-state index in [1.54, 1.807) is 0 Å². The molecule has 0 amide bonds. The minimum absolute atomic E-state index is 0.0146. The highest BCUT2D eigenvalue weighted by molar-refractivity contribution is 7.97. The maximum Gasteiger partial charge on any atom is 0.432 e. The molecule has 8 saturated carbocycles. The number of benzene rings is 5. The van der Waals surface area contributed by atoms with Crippen LogP contribution in [0.25, 0.3) is 0 Å². The molecule has 492 valence electrons. The fourth-order valence-electron chi connectivity index (χ4n) is 14.3. The second kappa shape index (κ2) is 26.9. The van der Waals surface area contributed by atoms with Gasteiger partial charge in [-0.05, 0) is 195 Å². The first-order valence-corrected chi connectivity index (χ1v) is 35.8. The van der Waals surface area contributed by atoms with Crippen molar-refractivity contribution in [2.24, 2.45) is 46.3 Å². The van der Waals surface area contributed by atoms with Gasteiger partial charge in [0.1, 0.15) is 0 Å². The van der Waals surface area contributed by atoms with Crippen LogP contribution in [0.15, 0.2) is 154 Å². The SMILES string of the molecule is CC(C)(C)c1ccc([I+]c2ccc(C(C)(C)C)cc2)cc1.O=C(OC(C(F)(F)F)C(F)(F)S(=O)(=O)[O-])C12CC3CC(CC(C3)C1)C2.O=C(OC(C(F)(F)F)C(F)(F)S(=O)(=O)[O-])C12CC3CC(CC(C3)C1)C2.c1ccc([S+](c2ccccc2)c2ccccc2)cc1. The predicted molar refractivity (Wildman–Crippen MR) is 312 cm³/mol. The molecule has 8 fully saturated rings. The molecule has 0 N–H and O–H groups in total. The van der Waals surface area contributed by atoms with E-state index in [1.165, 1.54) is 33.0 Å². The van der Waals surface area contributed by atoms with E-state index in [9.17, 15) is 79.4 Å². The third-order valence-electron chi connectivity index (χ3n) is 17.8. The maximum atomic E-state index is 13.5. The van der Waals surface area contributed by atoms with E-state index in [4.69, 9.17) is 0 Å². The smallest absolute Gasteiger partial charge is 0.432 e. The number of carbonyl (C=O) groups excluding carboxylic acids is 2. The van der Waals surface area contributed by atoms with Crippen LogP contribution in [0.5, 0.6) is 0 Å². The summed E-state index contributed by atoms with van der Waals surface area (Å²) in [7, 11) is -13.3. The van der Waals surface area contributed by atoms with E-state index >= 15 is 0 Å². The maximum absolute atomic E-state index is 13.5. The first-order valence-electron chi connectivity index (χ1n) is 29.6. The molecule has 8 aliphatic rings. The van der Waals surface area contributed by atoms with Crippen LogP contribution >= 0.6 is 0 Å². The average Bonchev–Trinajstić information content (AvgIpc) is 0.785. The van der Waals surface area contributed by atoms with Gasteiger partial charge in [0, 0.05) is 0 Å². The summed E-state index contributed by atoms with van der Waals surface area (Å²) in [6.45, 7) is 13.6. The lowest BCUT2D eigenvalue weighted by Gasteiger charge is -2.55. The standard InChI is InChI=1S/C20H26I.C18H15S.2C14H17F5O5S/c1-19(2,3)15-7-11-17(12-8-15)21-18-13-9-16(10-14-18)20(4,5)6;1-4-10-16(11-5-1)19(17-12-6-2-7-13-17)18-14-8-3-9-15-18;2*15-13(16,17)10(14(18,19)25(21,22)23)24-11(20)12-4-7-1-8(5-12)3-9(2-7)6-12/h7-14H,1-6H3;1-15H;2*7-10H,1-6H2,(H,21,22,23)/q2*+1;;/p-2. The lowest BCUT2D eigenvalue weighted by atomic mass is 9.49. The van der Waals surface area contributed by atoms with E-state index in [0.717, 1.165) is 38.5 Å². The Kier molecular flexibility index (Phi) is 21.3. The molecular formula is C66H73F10IO10S3. The predicted octanol–water partition coefficient (Wildman–Crippen LogP) is 12.8. The van der Waals surface area contributed by atoms with Gasteiger partial charge in [-0.1, -0.05) is 120 Å². The van der Waals surface area contributed by atoms with Crippen molar-refractivity contribution in [3.8, 4) is 0 Å². The largest absolute Gasteiger partial charge is 0.743 e. The molecule has 0 radical (unpaired) electrons. The number of alkyl halides is 10. The molecular weight excluding hydrogens is 1370 g/mol. The zero-order chi connectivity index (χ0) is 66.3. The quantitative estimate of drug-likeness (QED) is 0.0364. The molecule has 0 heterocycles. The molecule has 0 spiro atoms. The van der Waals surface area contributed by atoms with Crippen molar-refractivity contribution in [3.63, 3.8) is 0 Å². The lowest BCUT2D eigenvalue weighted by Crippen LogP contribution is -3.61. The van der Waals surface area contributed by atoms with E-state index in [-0.39, 0.29) is 117 Å². The van der Waals surface area contributed by atoms with Crippen molar-refractivity contribution in [2.75, 3.05) is 0 Å². The highest BCUT2D eigenvalue weighted by atomic mass is 127. The van der Waals surface area contributed by atoms with E-state index < -0.39 is 78.1 Å². The first-order chi connectivity index (χ1) is 41.6. The van der Waals surface area contributed by atoms with E-state index in [0.29, 0.717) is 0 Å². The number of hydrogen-bond acceptors (Lipinski definition) is 10. The van der Waals surface area contributed by atoms with Crippen LogP contribution in [-0.4, -0.2) is 72.9 Å². The molecule has 13 rings (SSSR count). The number of carbonyl (C=O) groups is 2. The first kappa shape index (κ1) is 71.1. The minimum atomic E-state index is -6.67. The van der Waals surface area contributed by atoms with E-state index in [2.05, 4.69) is 191 Å². The average molecular weight is 1440 g/mol. The highest BCUT2D eigenvalue weighted by Crippen LogP contribution is 2.62. The Bertz CT molecular complexity index is 3150. The molecule has 24 heteroatoms. The van der Waals surface area contributed by atoms with Gasteiger partial charge >= 0.3 is 56.0 Å². The van der Waals surface area contributed by atoms with Gasteiger partial charge in [0.25, 0.3) is 12.2 Å². The summed E-state index contributed by atoms with van der Waals surface area (Å²) in [5, 5.41) is -11.6. The third-order valence-corrected chi connectivity index (χ3v) is 24.5. The van der Waals surface area contributed by atoms with Gasteiger partial charge in [0.2, 0.25) is 0 Å².